The molecule has 206 valence electrons. The second-order valence-corrected chi connectivity index (χ2v) is 10.1. The van der Waals surface area contributed by atoms with Crippen LogP contribution in [0.2, 0.25) is 0 Å². The van der Waals surface area contributed by atoms with Crippen LogP contribution in [0.3, 0.4) is 0 Å². The lowest BCUT2D eigenvalue weighted by Crippen LogP contribution is -2.42. The van der Waals surface area contributed by atoms with Crippen molar-refractivity contribution >= 4 is 28.7 Å². The van der Waals surface area contributed by atoms with Crippen LogP contribution >= 0.6 is 0 Å². The van der Waals surface area contributed by atoms with Crippen molar-refractivity contribution in [1.29, 1.82) is 0 Å². The molecule has 3 rings (SSSR count). The lowest BCUT2D eigenvalue weighted by Gasteiger charge is -2.23. The van der Waals surface area contributed by atoms with E-state index < -0.39 is 17.7 Å². The third kappa shape index (κ3) is 7.64. The van der Waals surface area contributed by atoms with Gasteiger partial charge in [-0.3, -0.25) is 9.36 Å². The number of amides is 3. The van der Waals surface area contributed by atoms with Crippen molar-refractivity contribution in [1.82, 2.24) is 30.5 Å². The molecule has 3 aromatic rings. The molecule has 0 bridgehead atoms. The molecular weight excluding hydrogens is 489 g/mol. The Hall–Kier alpha value is -3.73. The largest absolute Gasteiger partial charge is 0.387 e. The maximum atomic E-state index is 14.1. The average Bonchev–Trinajstić information content (AvgIpc) is 3.28. The van der Waals surface area contributed by atoms with Gasteiger partial charge in [0, 0.05) is 49.2 Å². The van der Waals surface area contributed by atoms with E-state index in [-0.39, 0.29) is 24.2 Å². The summed E-state index contributed by atoms with van der Waals surface area (Å²) in [7, 11) is 0. The van der Waals surface area contributed by atoms with Crippen molar-refractivity contribution < 1.29 is 19.1 Å². The highest BCUT2D eigenvalue weighted by Gasteiger charge is 2.27. The molecule has 0 aromatic carbocycles. The number of carbonyl (C=O) groups excluding carboxylic acids is 2. The van der Waals surface area contributed by atoms with Gasteiger partial charge >= 0.3 is 6.03 Å². The van der Waals surface area contributed by atoms with Crippen LogP contribution < -0.4 is 21.3 Å². The molecule has 1 atom stereocenters. The molecule has 3 amide bonds. The van der Waals surface area contributed by atoms with Crippen molar-refractivity contribution in [3.63, 3.8) is 0 Å². The molecule has 0 spiro atoms. The van der Waals surface area contributed by atoms with Crippen LogP contribution in [-0.2, 0) is 6.54 Å². The van der Waals surface area contributed by atoms with Crippen LogP contribution in [0.5, 0.6) is 0 Å². The Morgan fingerprint density at radius 3 is 2.58 bits per heavy atom. The first-order valence-corrected chi connectivity index (χ1v) is 12.9. The minimum absolute atomic E-state index is 0.0239. The van der Waals surface area contributed by atoms with Gasteiger partial charge < -0.3 is 26.4 Å². The Bertz CT molecular complexity index is 1250. The zero-order valence-electron chi connectivity index (χ0n) is 22.6. The highest BCUT2D eigenvalue weighted by molar-refractivity contribution is 5.99. The summed E-state index contributed by atoms with van der Waals surface area (Å²) in [6.07, 6.45) is 5.31. The Balaban J connectivity index is 1.79. The smallest absolute Gasteiger partial charge is 0.315 e. The molecule has 0 radical (unpaired) electrons. The van der Waals surface area contributed by atoms with Crippen molar-refractivity contribution in [2.45, 2.75) is 71.8 Å². The van der Waals surface area contributed by atoms with Gasteiger partial charge in [0.05, 0.1) is 23.4 Å². The quantitative estimate of drug-likeness (QED) is 0.228. The third-order valence-corrected chi connectivity index (χ3v) is 5.89. The lowest BCUT2D eigenvalue weighted by atomic mass is 10.0. The van der Waals surface area contributed by atoms with E-state index in [0.29, 0.717) is 30.2 Å². The molecule has 0 aliphatic carbocycles. The second-order valence-electron chi connectivity index (χ2n) is 10.1. The van der Waals surface area contributed by atoms with Gasteiger partial charge in [-0.1, -0.05) is 13.3 Å². The number of halogens is 1. The summed E-state index contributed by atoms with van der Waals surface area (Å²) in [4.78, 5) is 33.8. The van der Waals surface area contributed by atoms with Gasteiger partial charge in [-0.2, -0.15) is 0 Å². The first-order valence-electron chi connectivity index (χ1n) is 12.9. The Morgan fingerprint density at radius 1 is 1.13 bits per heavy atom. The Morgan fingerprint density at radius 2 is 1.89 bits per heavy atom. The number of pyridine rings is 2. The molecule has 5 N–H and O–H groups in total. The number of fused-ring (bicyclic) bond motifs is 1. The van der Waals surface area contributed by atoms with E-state index in [4.69, 9.17) is 0 Å². The summed E-state index contributed by atoms with van der Waals surface area (Å²) in [5.41, 5.74) is 0.777. The van der Waals surface area contributed by atoms with E-state index >= 15 is 0 Å². The molecule has 0 saturated heterocycles. The van der Waals surface area contributed by atoms with Gasteiger partial charge in [-0.15, -0.1) is 0 Å². The van der Waals surface area contributed by atoms with Gasteiger partial charge in [-0.25, -0.2) is 19.2 Å². The van der Waals surface area contributed by atoms with Crippen LogP contribution in [0.15, 0.2) is 36.8 Å². The number of alkyl halides is 1. The standard InChI is InChI=1S/C27H38FN7O3/c1-6-7-9-29-26(37)33-14-18-11-19-8-10-35(24(19)31-13-18)23-12-21(34-17(2)3)20(15-30-23)25(36)32-16-22(28)27(4,5)38/h8,10-13,15,17,22,38H,6-7,9,14,16H2,1-5H3,(H,30,34)(H,32,36)(H2,29,33,37). The van der Waals surface area contributed by atoms with Crippen LogP contribution in [0, 0.1) is 0 Å². The number of urea groups is 1. The molecule has 0 saturated carbocycles. The maximum absolute atomic E-state index is 14.1. The van der Waals surface area contributed by atoms with Gasteiger partial charge in [0.25, 0.3) is 5.91 Å². The Kier molecular flexibility index (Phi) is 9.62. The Labute approximate surface area is 222 Å². The number of rotatable bonds is 12. The zero-order chi connectivity index (χ0) is 27.9. The van der Waals surface area contributed by atoms with E-state index in [0.717, 1.165) is 23.8 Å². The summed E-state index contributed by atoms with van der Waals surface area (Å²) in [5.74, 6) is 0.0544. The minimum atomic E-state index is -1.62. The summed E-state index contributed by atoms with van der Waals surface area (Å²) >= 11 is 0. The lowest BCUT2D eigenvalue weighted by molar-refractivity contribution is -0.00177. The molecule has 0 aliphatic heterocycles. The van der Waals surface area contributed by atoms with Gasteiger partial charge in [0.15, 0.2) is 0 Å². The van der Waals surface area contributed by atoms with E-state index in [1.165, 1.54) is 20.0 Å². The summed E-state index contributed by atoms with van der Waals surface area (Å²) in [5, 5.41) is 22.1. The van der Waals surface area contributed by atoms with E-state index in [1.807, 2.05) is 36.7 Å². The fourth-order valence-corrected chi connectivity index (χ4v) is 3.69. The highest BCUT2D eigenvalue weighted by Crippen LogP contribution is 2.24. The van der Waals surface area contributed by atoms with E-state index in [1.54, 1.807) is 12.3 Å². The molecule has 3 heterocycles. The second kappa shape index (κ2) is 12.7. The number of unbranched alkanes of at least 4 members (excludes halogenated alkanes) is 1. The SMILES string of the molecule is CCCCNC(=O)NCc1cnc2c(ccn2-c2cc(NC(C)C)c(C(=O)NCC(F)C(C)(C)O)cn2)c1. The van der Waals surface area contributed by atoms with Crippen LogP contribution in [0.4, 0.5) is 14.9 Å². The topological polar surface area (TPSA) is 133 Å². The first kappa shape index (κ1) is 28.8. The zero-order valence-corrected chi connectivity index (χ0v) is 22.6. The fourth-order valence-electron chi connectivity index (χ4n) is 3.69. The number of hydrogen-bond acceptors (Lipinski definition) is 6. The van der Waals surface area contributed by atoms with Crippen LogP contribution in [-0.4, -0.2) is 62.5 Å². The van der Waals surface area contributed by atoms with Crippen LogP contribution in [0.25, 0.3) is 16.9 Å². The van der Waals surface area contributed by atoms with Gasteiger partial charge in [-0.05, 0) is 51.8 Å². The minimum Gasteiger partial charge on any atom is -0.387 e. The van der Waals surface area contributed by atoms with Crippen LogP contribution in [0.1, 0.15) is 63.4 Å². The molecule has 11 heteroatoms. The number of aromatic nitrogens is 3. The van der Waals surface area contributed by atoms with E-state index in [2.05, 4.69) is 38.2 Å². The predicted molar refractivity (Wildman–Crippen MR) is 146 cm³/mol. The van der Waals surface area contributed by atoms with Crippen molar-refractivity contribution in [2.75, 3.05) is 18.4 Å². The van der Waals surface area contributed by atoms with Gasteiger partial charge in [0.2, 0.25) is 0 Å². The summed E-state index contributed by atoms with van der Waals surface area (Å²) in [6, 6.07) is 5.42. The van der Waals surface area contributed by atoms with Gasteiger partial charge in [0.1, 0.15) is 17.6 Å². The van der Waals surface area contributed by atoms with Crippen molar-refractivity contribution in [2.24, 2.45) is 0 Å². The molecule has 1 unspecified atom stereocenters. The molecule has 10 nitrogen and oxygen atoms in total. The summed E-state index contributed by atoms with van der Waals surface area (Å²) in [6.45, 7) is 9.33. The van der Waals surface area contributed by atoms with Crippen molar-refractivity contribution in [3.8, 4) is 5.82 Å². The highest BCUT2D eigenvalue weighted by atomic mass is 19.1. The van der Waals surface area contributed by atoms with E-state index in [9.17, 15) is 19.1 Å². The number of anilines is 1. The first-order chi connectivity index (χ1) is 18.0. The maximum Gasteiger partial charge on any atom is 0.315 e. The molecule has 0 fully saturated rings. The predicted octanol–water partition coefficient (Wildman–Crippen LogP) is 3.68. The van der Waals surface area contributed by atoms with Crippen molar-refractivity contribution in [3.05, 3.63) is 47.9 Å². The fraction of sp³-hybridized carbons (Fsp3) is 0.481. The average molecular weight is 528 g/mol. The number of hydrogen-bond donors (Lipinski definition) is 5. The number of aliphatic hydroxyl groups is 1. The monoisotopic (exact) mass is 527 g/mol. The normalized spacial score (nSPS) is 12.4. The molecular formula is C27H38FN7O3. The number of carbonyl (C=O) groups is 2. The third-order valence-electron chi connectivity index (χ3n) is 5.89. The molecule has 0 aliphatic rings. The molecule has 38 heavy (non-hydrogen) atoms. The molecule has 3 aromatic heterocycles. The summed E-state index contributed by atoms with van der Waals surface area (Å²) < 4.78 is 16.0. The number of nitrogens with one attached hydrogen (secondary N) is 4. The number of nitrogens with zero attached hydrogens (tertiary/aromatic N) is 3.